The van der Waals surface area contributed by atoms with Crippen LogP contribution in [0.1, 0.15) is 82.7 Å². The minimum absolute atomic E-state index is 0.486. The SMILES string of the molecule is CCCC1CCC(c2nc(=S)cc(C(C)C)[nH]2)CC1. The molecule has 0 radical (unpaired) electrons. The average Bonchev–Trinajstić information content (AvgIpc) is 2.39. The van der Waals surface area contributed by atoms with E-state index in [2.05, 4.69) is 30.7 Å². The number of aromatic amines is 1. The first-order chi connectivity index (χ1) is 9.10. The molecule has 1 aliphatic carbocycles. The fourth-order valence-electron chi connectivity index (χ4n) is 3.13. The zero-order chi connectivity index (χ0) is 13.8. The van der Waals surface area contributed by atoms with Crippen LogP contribution in [0.4, 0.5) is 0 Å². The Kier molecular flexibility index (Phi) is 5.14. The molecular weight excluding hydrogens is 252 g/mol. The van der Waals surface area contributed by atoms with E-state index in [1.165, 1.54) is 44.2 Å². The molecule has 2 nitrogen and oxygen atoms in total. The summed E-state index contributed by atoms with van der Waals surface area (Å²) in [6, 6.07) is 2.01. The number of rotatable bonds is 4. The van der Waals surface area contributed by atoms with E-state index in [4.69, 9.17) is 12.2 Å². The molecule has 1 saturated carbocycles. The fraction of sp³-hybridized carbons (Fsp3) is 0.750. The highest BCUT2D eigenvalue weighted by molar-refractivity contribution is 7.71. The Morgan fingerprint density at radius 2 is 2.00 bits per heavy atom. The van der Waals surface area contributed by atoms with Crippen LogP contribution in [-0.4, -0.2) is 9.97 Å². The Balaban J connectivity index is 2.09. The van der Waals surface area contributed by atoms with Crippen molar-refractivity contribution in [1.29, 1.82) is 0 Å². The van der Waals surface area contributed by atoms with Crippen molar-refractivity contribution in [2.24, 2.45) is 5.92 Å². The molecule has 0 unspecified atom stereocenters. The third-order valence-electron chi connectivity index (χ3n) is 4.33. The normalized spacial score (nSPS) is 23.8. The Morgan fingerprint density at radius 1 is 1.32 bits per heavy atom. The van der Waals surface area contributed by atoms with Crippen molar-refractivity contribution in [3.63, 3.8) is 0 Å². The van der Waals surface area contributed by atoms with Gasteiger partial charge in [0.25, 0.3) is 0 Å². The molecule has 0 spiro atoms. The van der Waals surface area contributed by atoms with Crippen LogP contribution in [0.25, 0.3) is 0 Å². The van der Waals surface area contributed by atoms with Gasteiger partial charge in [0.05, 0.1) is 0 Å². The van der Waals surface area contributed by atoms with Crippen LogP contribution < -0.4 is 0 Å². The molecule has 1 aromatic heterocycles. The first kappa shape index (κ1) is 14.7. The number of nitrogens with zero attached hydrogens (tertiary/aromatic N) is 1. The summed E-state index contributed by atoms with van der Waals surface area (Å²) in [5.74, 6) is 3.15. The molecule has 0 amide bonds. The lowest BCUT2D eigenvalue weighted by molar-refractivity contribution is 0.302. The van der Waals surface area contributed by atoms with Gasteiger partial charge in [-0.05, 0) is 43.6 Å². The molecule has 0 aliphatic heterocycles. The van der Waals surface area contributed by atoms with Crippen LogP contribution >= 0.6 is 12.2 Å². The summed E-state index contributed by atoms with van der Waals surface area (Å²) in [6.45, 7) is 6.68. The van der Waals surface area contributed by atoms with Gasteiger partial charge in [0.1, 0.15) is 10.5 Å². The maximum absolute atomic E-state index is 5.31. The van der Waals surface area contributed by atoms with Crippen molar-refractivity contribution < 1.29 is 0 Å². The van der Waals surface area contributed by atoms with E-state index in [9.17, 15) is 0 Å². The molecule has 106 valence electrons. The summed E-state index contributed by atoms with van der Waals surface area (Å²) < 4.78 is 0.744. The van der Waals surface area contributed by atoms with Gasteiger partial charge in [0, 0.05) is 11.6 Å². The molecule has 0 bridgehead atoms. The second-order valence-electron chi connectivity index (χ2n) is 6.22. The summed E-state index contributed by atoms with van der Waals surface area (Å²) >= 11 is 5.31. The van der Waals surface area contributed by atoms with Gasteiger partial charge in [-0.2, -0.15) is 0 Å². The molecule has 2 rings (SSSR count). The third-order valence-corrected chi connectivity index (χ3v) is 4.54. The van der Waals surface area contributed by atoms with Crippen LogP contribution in [0.15, 0.2) is 6.07 Å². The topological polar surface area (TPSA) is 28.7 Å². The number of hydrogen-bond acceptors (Lipinski definition) is 2. The van der Waals surface area contributed by atoms with Crippen LogP contribution in [0.3, 0.4) is 0 Å². The van der Waals surface area contributed by atoms with Crippen molar-refractivity contribution in [1.82, 2.24) is 9.97 Å². The smallest absolute Gasteiger partial charge is 0.130 e. The van der Waals surface area contributed by atoms with Gasteiger partial charge in [-0.3, -0.25) is 0 Å². The highest BCUT2D eigenvalue weighted by Crippen LogP contribution is 2.36. The van der Waals surface area contributed by atoms with Gasteiger partial charge in [-0.1, -0.05) is 45.8 Å². The van der Waals surface area contributed by atoms with Crippen LogP contribution in [0.2, 0.25) is 0 Å². The molecule has 3 heteroatoms. The second kappa shape index (κ2) is 6.65. The molecule has 1 aromatic rings. The van der Waals surface area contributed by atoms with Crippen LogP contribution in [0.5, 0.6) is 0 Å². The van der Waals surface area contributed by atoms with Gasteiger partial charge in [-0.15, -0.1) is 0 Å². The molecular formula is C16H26N2S. The predicted molar refractivity (Wildman–Crippen MR) is 83.1 cm³/mol. The molecule has 1 fully saturated rings. The lowest BCUT2D eigenvalue weighted by Crippen LogP contribution is -2.16. The van der Waals surface area contributed by atoms with Crippen molar-refractivity contribution in [2.75, 3.05) is 0 Å². The highest BCUT2D eigenvalue weighted by atomic mass is 32.1. The molecule has 0 saturated heterocycles. The monoisotopic (exact) mass is 278 g/mol. The van der Waals surface area contributed by atoms with Gasteiger partial charge in [0.2, 0.25) is 0 Å². The summed E-state index contributed by atoms with van der Waals surface area (Å²) in [5.41, 5.74) is 1.23. The van der Waals surface area contributed by atoms with Crippen molar-refractivity contribution in [3.05, 3.63) is 22.2 Å². The Bertz CT molecular complexity index is 456. The van der Waals surface area contributed by atoms with E-state index in [1.54, 1.807) is 0 Å². The number of aromatic nitrogens is 2. The lowest BCUT2D eigenvalue weighted by atomic mass is 9.80. The third kappa shape index (κ3) is 3.88. The predicted octanol–water partition coefficient (Wildman–Crippen LogP) is 5.34. The Hall–Kier alpha value is -0.700. The largest absolute Gasteiger partial charge is 0.347 e. The van der Waals surface area contributed by atoms with Crippen molar-refractivity contribution in [3.8, 4) is 0 Å². The molecule has 0 aromatic carbocycles. The average molecular weight is 278 g/mol. The number of hydrogen-bond donors (Lipinski definition) is 1. The summed E-state index contributed by atoms with van der Waals surface area (Å²) in [4.78, 5) is 8.09. The van der Waals surface area contributed by atoms with E-state index in [0.29, 0.717) is 11.8 Å². The maximum Gasteiger partial charge on any atom is 0.130 e. The van der Waals surface area contributed by atoms with E-state index in [0.717, 1.165) is 16.4 Å². The maximum atomic E-state index is 5.31. The van der Waals surface area contributed by atoms with Gasteiger partial charge < -0.3 is 4.98 Å². The zero-order valence-corrected chi connectivity index (χ0v) is 13.2. The fourth-order valence-corrected chi connectivity index (χ4v) is 3.36. The quantitative estimate of drug-likeness (QED) is 0.753. The molecule has 1 N–H and O–H groups in total. The van der Waals surface area contributed by atoms with Crippen molar-refractivity contribution in [2.45, 2.75) is 71.1 Å². The Morgan fingerprint density at radius 3 is 2.58 bits per heavy atom. The zero-order valence-electron chi connectivity index (χ0n) is 12.4. The highest BCUT2D eigenvalue weighted by Gasteiger charge is 2.23. The molecule has 19 heavy (non-hydrogen) atoms. The van der Waals surface area contributed by atoms with Crippen LogP contribution in [-0.2, 0) is 0 Å². The van der Waals surface area contributed by atoms with E-state index < -0.39 is 0 Å². The summed E-state index contributed by atoms with van der Waals surface area (Å²) in [6.07, 6.45) is 7.95. The van der Waals surface area contributed by atoms with Crippen LogP contribution in [0, 0.1) is 10.6 Å². The van der Waals surface area contributed by atoms with Gasteiger partial charge >= 0.3 is 0 Å². The summed E-state index contributed by atoms with van der Waals surface area (Å²) in [5, 5.41) is 0. The van der Waals surface area contributed by atoms with E-state index in [1.807, 2.05) is 6.07 Å². The van der Waals surface area contributed by atoms with E-state index in [-0.39, 0.29) is 0 Å². The minimum atomic E-state index is 0.486. The second-order valence-corrected chi connectivity index (χ2v) is 6.64. The first-order valence-electron chi connectivity index (χ1n) is 7.71. The number of nitrogens with one attached hydrogen (secondary N) is 1. The lowest BCUT2D eigenvalue weighted by Gasteiger charge is -2.28. The van der Waals surface area contributed by atoms with Gasteiger partial charge in [-0.25, -0.2) is 4.98 Å². The minimum Gasteiger partial charge on any atom is -0.347 e. The van der Waals surface area contributed by atoms with E-state index >= 15 is 0 Å². The Labute approximate surface area is 122 Å². The molecule has 1 heterocycles. The summed E-state index contributed by atoms with van der Waals surface area (Å²) in [7, 11) is 0. The van der Waals surface area contributed by atoms with Gasteiger partial charge in [0.15, 0.2) is 0 Å². The molecule has 1 aliphatic rings. The van der Waals surface area contributed by atoms with Crippen molar-refractivity contribution >= 4 is 12.2 Å². The molecule has 0 atom stereocenters. The number of H-pyrrole nitrogens is 1. The standard InChI is InChI=1S/C16H26N2S/c1-4-5-12-6-8-13(9-7-12)16-17-14(11(2)3)10-15(19)18-16/h10-13H,4-9H2,1-3H3,(H,17,18,19). The first-order valence-corrected chi connectivity index (χ1v) is 8.12.